The Morgan fingerprint density at radius 1 is 1.42 bits per heavy atom. The van der Waals surface area contributed by atoms with Crippen LogP contribution in [0.15, 0.2) is 16.9 Å². The molecule has 1 saturated heterocycles. The zero-order valence-electron chi connectivity index (χ0n) is 13.9. The lowest BCUT2D eigenvalue weighted by Crippen LogP contribution is -2.49. The molecule has 1 aliphatic rings. The Bertz CT molecular complexity index is 558. The molecule has 0 saturated carbocycles. The number of nitrogens with one attached hydrogen (secondary N) is 1. The molecule has 3 N–H and O–H groups in total. The third kappa shape index (κ3) is 5.46. The minimum atomic E-state index is -0.577. The average Bonchev–Trinajstić information content (AvgIpc) is 2.98. The van der Waals surface area contributed by atoms with E-state index in [4.69, 9.17) is 5.73 Å². The maximum absolute atomic E-state index is 12.2. The van der Waals surface area contributed by atoms with Crippen molar-refractivity contribution in [2.45, 2.75) is 38.8 Å². The van der Waals surface area contributed by atoms with E-state index in [0.29, 0.717) is 19.1 Å². The standard InChI is InChI=1S/C15H24BrN5O2.ClH/c1-10(2)14(17)15(23)18-8-13(22)20-5-3-12(4-6-20)21-9-11(16)7-19-21;/h7,9-10,12,14H,3-6,8,17H2,1-2H3,(H,18,23);1H/t14-;/m0./s1. The van der Waals surface area contributed by atoms with E-state index in [1.54, 1.807) is 11.1 Å². The molecule has 1 atom stereocenters. The Labute approximate surface area is 156 Å². The summed E-state index contributed by atoms with van der Waals surface area (Å²) >= 11 is 3.39. The first kappa shape index (κ1) is 20.9. The van der Waals surface area contributed by atoms with Crippen molar-refractivity contribution < 1.29 is 9.59 Å². The van der Waals surface area contributed by atoms with Crippen molar-refractivity contribution in [2.24, 2.45) is 11.7 Å². The molecule has 1 fully saturated rings. The van der Waals surface area contributed by atoms with E-state index in [1.807, 2.05) is 24.7 Å². The van der Waals surface area contributed by atoms with Gasteiger partial charge in [0, 0.05) is 19.3 Å². The number of nitrogens with zero attached hydrogens (tertiary/aromatic N) is 3. The first-order valence-corrected chi connectivity index (χ1v) is 8.68. The summed E-state index contributed by atoms with van der Waals surface area (Å²) in [6.45, 7) is 5.12. The van der Waals surface area contributed by atoms with Crippen LogP contribution in [0.2, 0.25) is 0 Å². The Morgan fingerprint density at radius 2 is 2.04 bits per heavy atom. The number of halogens is 2. The molecule has 0 spiro atoms. The largest absolute Gasteiger partial charge is 0.346 e. The van der Waals surface area contributed by atoms with Gasteiger partial charge in [0.25, 0.3) is 0 Å². The van der Waals surface area contributed by atoms with E-state index in [-0.39, 0.29) is 36.7 Å². The van der Waals surface area contributed by atoms with E-state index < -0.39 is 6.04 Å². The molecule has 2 amide bonds. The summed E-state index contributed by atoms with van der Waals surface area (Å²) in [7, 11) is 0. The molecule has 7 nitrogen and oxygen atoms in total. The Morgan fingerprint density at radius 3 is 2.54 bits per heavy atom. The van der Waals surface area contributed by atoms with Gasteiger partial charge in [0.05, 0.1) is 29.3 Å². The molecule has 24 heavy (non-hydrogen) atoms. The second-order valence-corrected chi connectivity index (χ2v) is 7.15. The normalized spacial score (nSPS) is 16.6. The van der Waals surface area contributed by atoms with Gasteiger partial charge in [-0.15, -0.1) is 12.4 Å². The number of carbonyl (C=O) groups is 2. The second-order valence-electron chi connectivity index (χ2n) is 6.24. The lowest BCUT2D eigenvalue weighted by atomic mass is 10.0. The van der Waals surface area contributed by atoms with Crippen molar-refractivity contribution in [1.82, 2.24) is 20.0 Å². The number of hydrogen-bond donors (Lipinski definition) is 2. The van der Waals surface area contributed by atoms with Crippen LogP contribution in [0.3, 0.4) is 0 Å². The lowest BCUT2D eigenvalue weighted by Gasteiger charge is -2.32. The smallest absolute Gasteiger partial charge is 0.241 e. The molecule has 1 aromatic rings. The van der Waals surface area contributed by atoms with Gasteiger partial charge in [0.1, 0.15) is 0 Å². The van der Waals surface area contributed by atoms with Crippen LogP contribution in [-0.2, 0) is 9.59 Å². The van der Waals surface area contributed by atoms with E-state index in [2.05, 4.69) is 26.3 Å². The predicted molar refractivity (Wildman–Crippen MR) is 97.8 cm³/mol. The van der Waals surface area contributed by atoms with Crippen LogP contribution in [0.4, 0.5) is 0 Å². The first-order chi connectivity index (χ1) is 10.9. The predicted octanol–water partition coefficient (Wildman–Crippen LogP) is 1.33. The summed E-state index contributed by atoms with van der Waals surface area (Å²) in [5, 5.41) is 6.93. The zero-order chi connectivity index (χ0) is 17.0. The third-order valence-corrected chi connectivity index (χ3v) is 4.61. The van der Waals surface area contributed by atoms with Crippen LogP contribution in [-0.4, -0.2) is 52.2 Å². The molecule has 1 aliphatic heterocycles. The molecule has 0 bridgehead atoms. The van der Waals surface area contributed by atoms with Crippen molar-refractivity contribution in [1.29, 1.82) is 0 Å². The summed E-state index contributed by atoms with van der Waals surface area (Å²) in [6, 6.07) is -0.263. The number of likely N-dealkylation sites (tertiary alicyclic amines) is 1. The van der Waals surface area contributed by atoms with Gasteiger partial charge >= 0.3 is 0 Å². The van der Waals surface area contributed by atoms with Gasteiger partial charge in [-0.2, -0.15) is 5.10 Å². The lowest BCUT2D eigenvalue weighted by molar-refractivity contribution is -0.134. The van der Waals surface area contributed by atoms with Crippen molar-refractivity contribution in [3.05, 3.63) is 16.9 Å². The number of rotatable bonds is 5. The molecule has 2 heterocycles. The quantitative estimate of drug-likeness (QED) is 0.748. The van der Waals surface area contributed by atoms with Gasteiger partial charge in [-0.05, 0) is 34.7 Å². The highest BCUT2D eigenvalue weighted by atomic mass is 79.9. The maximum Gasteiger partial charge on any atom is 0.241 e. The molecule has 2 rings (SSSR count). The molecule has 0 aliphatic carbocycles. The van der Waals surface area contributed by atoms with Gasteiger partial charge in [0.2, 0.25) is 11.8 Å². The van der Waals surface area contributed by atoms with Crippen LogP contribution in [0.5, 0.6) is 0 Å². The zero-order valence-corrected chi connectivity index (χ0v) is 16.3. The minimum absolute atomic E-state index is 0. The SMILES string of the molecule is CC(C)[C@H](N)C(=O)NCC(=O)N1CCC(n2cc(Br)cn2)CC1.Cl. The van der Waals surface area contributed by atoms with Crippen LogP contribution < -0.4 is 11.1 Å². The highest BCUT2D eigenvalue weighted by Gasteiger charge is 2.25. The number of hydrogen-bond acceptors (Lipinski definition) is 4. The number of carbonyl (C=O) groups excluding carboxylic acids is 2. The summed E-state index contributed by atoms with van der Waals surface area (Å²) in [4.78, 5) is 25.8. The molecule has 0 radical (unpaired) electrons. The fraction of sp³-hybridized carbons (Fsp3) is 0.667. The molecular weight excluding hydrogens is 398 g/mol. The van der Waals surface area contributed by atoms with Crippen LogP contribution in [0, 0.1) is 5.92 Å². The monoisotopic (exact) mass is 421 g/mol. The van der Waals surface area contributed by atoms with E-state index in [0.717, 1.165) is 17.3 Å². The van der Waals surface area contributed by atoms with Crippen LogP contribution in [0.25, 0.3) is 0 Å². The number of piperidine rings is 1. The van der Waals surface area contributed by atoms with E-state index in [9.17, 15) is 9.59 Å². The van der Waals surface area contributed by atoms with Crippen LogP contribution in [0.1, 0.15) is 32.7 Å². The number of aromatic nitrogens is 2. The van der Waals surface area contributed by atoms with Crippen molar-refractivity contribution in [3.63, 3.8) is 0 Å². The fourth-order valence-corrected chi connectivity index (χ4v) is 2.89. The Hall–Kier alpha value is -1.12. The van der Waals surface area contributed by atoms with Crippen LogP contribution >= 0.6 is 28.3 Å². The summed E-state index contributed by atoms with van der Waals surface area (Å²) in [5.41, 5.74) is 5.76. The second kappa shape index (κ2) is 9.39. The summed E-state index contributed by atoms with van der Waals surface area (Å²) in [5.74, 6) is -0.284. The molecular formula is C15H25BrClN5O2. The topological polar surface area (TPSA) is 93.2 Å². The maximum atomic E-state index is 12.2. The fourth-order valence-electron chi connectivity index (χ4n) is 2.59. The van der Waals surface area contributed by atoms with Gasteiger partial charge in [0.15, 0.2) is 0 Å². The van der Waals surface area contributed by atoms with Crippen molar-refractivity contribution in [2.75, 3.05) is 19.6 Å². The highest BCUT2D eigenvalue weighted by molar-refractivity contribution is 9.10. The highest BCUT2D eigenvalue weighted by Crippen LogP contribution is 2.23. The Kier molecular flexibility index (Phi) is 8.18. The molecule has 9 heteroatoms. The van der Waals surface area contributed by atoms with E-state index >= 15 is 0 Å². The van der Waals surface area contributed by atoms with E-state index in [1.165, 1.54) is 0 Å². The van der Waals surface area contributed by atoms with Gasteiger partial charge in [-0.3, -0.25) is 14.3 Å². The van der Waals surface area contributed by atoms with Crippen molar-refractivity contribution >= 4 is 40.2 Å². The minimum Gasteiger partial charge on any atom is -0.346 e. The number of nitrogens with two attached hydrogens (primary N) is 1. The molecule has 136 valence electrons. The Balaban J connectivity index is 0.00000288. The van der Waals surface area contributed by atoms with Crippen molar-refractivity contribution in [3.8, 4) is 0 Å². The molecule has 0 unspecified atom stereocenters. The van der Waals surface area contributed by atoms with Gasteiger partial charge < -0.3 is 16.0 Å². The average molecular weight is 423 g/mol. The summed E-state index contributed by atoms with van der Waals surface area (Å²) < 4.78 is 2.90. The molecule has 1 aromatic heterocycles. The first-order valence-electron chi connectivity index (χ1n) is 7.89. The molecule has 0 aromatic carbocycles. The summed E-state index contributed by atoms with van der Waals surface area (Å²) in [6.07, 6.45) is 5.44. The third-order valence-electron chi connectivity index (χ3n) is 4.20. The van der Waals surface area contributed by atoms with Gasteiger partial charge in [-0.1, -0.05) is 13.8 Å². The number of amides is 2. The van der Waals surface area contributed by atoms with Gasteiger partial charge in [-0.25, -0.2) is 0 Å².